The second kappa shape index (κ2) is 28.5. The average molecular weight is 521 g/mol. The summed E-state index contributed by atoms with van der Waals surface area (Å²) in [6, 6.07) is 0. The van der Waals surface area contributed by atoms with Gasteiger partial charge >= 0.3 is 5.97 Å². The maximum Gasteiger partial charge on any atom is 0.306 e. The molecule has 0 saturated carbocycles. The molecule has 0 aliphatic carbocycles. The van der Waals surface area contributed by atoms with Gasteiger partial charge < -0.3 is 4.74 Å². The number of cyclic esters (lactones) is 1. The van der Waals surface area contributed by atoms with Crippen molar-refractivity contribution in [2.45, 2.75) is 218 Å². The van der Waals surface area contributed by atoms with Crippen molar-refractivity contribution >= 4 is 5.97 Å². The summed E-state index contributed by atoms with van der Waals surface area (Å²) in [6.45, 7) is 2.30. The smallest absolute Gasteiger partial charge is 0.306 e. The Bertz CT molecular complexity index is 460. The van der Waals surface area contributed by atoms with Gasteiger partial charge in [0.25, 0.3) is 0 Å². The molecular formula is C35H68O2. The molecule has 1 atom stereocenters. The van der Waals surface area contributed by atoms with Gasteiger partial charge in [-0.1, -0.05) is 187 Å². The van der Waals surface area contributed by atoms with Gasteiger partial charge in [-0.2, -0.15) is 0 Å². The van der Waals surface area contributed by atoms with Crippen molar-refractivity contribution in [1.82, 2.24) is 0 Å². The SMILES string of the molecule is CCCCCCCCCCCCCCCCCCCCCCCCCCCCCCCC1CCC(=O)O1. The molecule has 0 aromatic carbocycles. The summed E-state index contributed by atoms with van der Waals surface area (Å²) in [5.41, 5.74) is 0. The minimum atomic E-state index is 0.0143. The van der Waals surface area contributed by atoms with Crippen molar-refractivity contribution < 1.29 is 9.53 Å². The van der Waals surface area contributed by atoms with Crippen LogP contribution >= 0.6 is 0 Å². The van der Waals surface area contributed by atoms with E-state index in [0.717, 1.165) is 12.8 Å². The summed E-state index contributed by atoms with van der Waals surface area (Å²) in [5.74, 6) is 0.0143. The Balaban J connectivity index is 1.61. The van der Waals surface area contributed by atoms with Crippen LogP contribution in [0.25, 0.3) is 0 Å². The summed E-state index contributed by atoms with van der Waals surface area (Å²) < 4.78 is 5.29. The summed E-state index contributed by atoms with van der Waals surface area (Å²) in [4.78, 5) is 11.1. The van der Waals surface area contributed by atoms with Gasteiger partial charge in [0.15, 0.2) is 0 Å². The molecule has 37 heavy (non-hydrogen) atoms. The maximum atomic E-state index is 11.1. The lowest BCUT2D eigenvalue weighted by atomic mass is 10.0. The van der Waals surface area contributed by atoms with Gasteiger partial charge in [-0.15, -0.1) is 0 Å². The van der Waals surface area contributed by atoms with E-state index in [0.29, 0.717) is 6.42 Å². The first kappa shape index (κ1) is 34.5. The maximum absolute atomic E-state index is 11.1. The number of esters is 1. The topological polar surface area (TPSA) is 26.3 Å². The van der Waals surface area contributed by atoms with Crippen LogP contribution in [-0.4, -0.2) is 12.1 Å². The molecule has 1 heterocycles. The van der Waals surface area contributed by atoms with E-state index in [4.69, 9.17) is 4.74 Å². The van der Waals surface area contributed by atoms with E-state index in [1.807, 2.05) is 0 Å². The van der Waals surface area contributed by atoms with Crippen LogP contribution in [0.1, 0.15) is 212 Å². The fourth-order valence-electron chi connectivity index (χ4n) is 6.00. The van der Waals surface area contributed by atoms with Crippen LogP contribution in [0.4, 0.5) is 0 Å². The molecule has 220 valence electrons. The van der Waals surface area contributed by atoms with Crippen molar-refractivity contribution in [3.8, 4) is 0 Å². The van der Waals surface area contributed by atoms with E-state index in [1.54, 1.807) is 0 Å². The molecule has 1 fully saturated rings. The molecule has 0 N–H and O–H groups in total. The molecule has 1 unspecified atom stereocenters. The number of hydrogen-bond donors (Lipinski definition) is 0. The van der Waals surface area contributed by atoms with Gasteiger partial charge in [0, 0.05) is 6.42 Å². The zero-order valence-corrected chi connectivity index (χ0v) is 25.5. The predicted octanol–water partition coefficient (Wildman–Crippen LogP) is 12.4. The largest absolute Gasteiger partial charge is 0.462 e. The first-order valence-corrected chi connectivity index (χ1v) is 17.5. The summed E-state index contributed by atoms with van der Waals surface area (Å²) in [6.07, 6.45) is 44.8. The van der Waals surface area contributed by atoms with Crippen LogP contribution < -0.4 is 0 Å². The zero-order valence-electron chi connectivity index (χ0n) is 25.5. The standard InChI is InChI=1S/C35H68O2/c1-2-3-4-5-6-7-8-9-10-11-12-13-14-15-16-17-18-19-20-21-22-23-24-25-26-27-28-29-30-31-34-32-33-35(36)37-34/h34H,2-33H2,1H3. The molecule has 0 aromatic rings. The van der Waals surface area contributed by atoms with Gasteiger partial charge in [0.2, 0.25) is 0 Å². The van der Waals surface area contributed by atoms with Crippen molar-refractivity contribution in [3.63, 3.8) is 0 Å². The Morgan fingerprint density at radius 1 is 0.459 bits per heavy atom. The fourth-order valence-corrected chi connectivity index (χ4v) is 6.00. The molecule has 1 saturated heterocycles. The lowest BCUT2D eigenvalue weighted by Crippen LogP contribution is -2.06. The first-order chi connectivity index (χ1) is 18.3. The number of carbonyl (C=O) groups is 1. The number of rotatable bonds is 30. The third kappa shape index (κ3) is 25.5. The summed E-state index contributed by atoms with van der Waals surface area (Å²) >= 11 is 0. The molecule has 2 nitrogen and oxygen atoms in total. The number of carbonyl (C=O) groups excluding carboxylic acids is 1. The second-order valence-electron chi connectivity index (χ2n) is 12.3. The van der Waals surface area contributed by atoms with Crippen molar-refractivity contribution in [1.29, 1.82) is 0 Å². The quantitative estimate of drug-likeness (QED) is 0.0695. The van der Waals surface area contributed by atoms with E-state index in [9.17, 15) is 4.79 Å². The van der Waals surface area contributed by atoms with E-state index >= 15 is 0 Å². The van der Waals surface area contributed by atoms with Gasteiger partial charge in [0.1, 0.15) is 6.10 Å². The molecular weight excluding hydrogens is 452 g/mol. The molecule has 0 amide bonds. The third-order valence-corrected chi connectivity index (χ3v) is 8.60. The first-order valence-electron chi connectivity index (χ1n) is 17.5. The summed E-state index contributed by atoms with van der Waals surface area (Å²) in [5, 5.41) is 0. The van der Waals surface area contributed by atoms with E-state index in [-0.39, 0.29) is 12.1 Å². The monoisotopic (exact) mass is 521 g/mol. The van der Waals surface area contributed by atoms with Gasteiger partial charge in [0.05, 0.1) is 0 Å². The Labute approximate surface area is 233 Å². The molecule has 1 aliphatic heterocycles. The van der Waals surface area contributed by atoms with Crippen LogP contribution in [0, 0.1) is 0 Å². The fraction of sp³-hybridized carbons (Fsp3) is 0.971. The van der Waals surface area contributed by atoms with Crippen molar-refractivity contribution in [2.75, 3.05) is 0 Å². The van der Waals surface area contributed by atoms with Gasteiger partial charge in [-0.05, 0) is 19.3 Å². The molecule has 2 heteroatoms. The highest BCUT2D eigenvalue weighted by atomic mass is 16.5. The lowest BCUT2D eigenvalue weighted by molar-refractivity contribution is -0.141. The third-order valence-electron chi connectivity index (χ3n) is 8.60. The summed E-state index contributed by atoms with van der Waals surface area (Å²) in [7, 11) is 0. The molecule has 0 bridgehead atoms. The molecule has 1 aliphatic rings. The Morgan fingerprint density at radius 3 is 0.973 bits per heavy atom. The average Bonchev–Trinajstić information content (AvgIpc) is 3.32. The highest BCUT2D eigenvalue weighted by Gasteiger charge is 2.22. The second-order valence-corrected chi connectivity index (χ2v) is 12.3. The Hall–Kier alpha value is -0.530. The van der Waals surface area contributed by atoms with E-state index in [1.165, 1.54) is 186 Å². The number of hydrogen-bond acceptors (Lipinski definition) is 2. The van der Waals surface area contributed by atoms with Crippen LogP contribution in [0.5, 0.6) is 0 Å². The van der Waals surface area contributed by atoms with Crippen LogP contribution in [0.2, 0.25) is 0 Å². The van der Waals surface area contributed by atoms with Crippen LogP contribution in [-0.2, 0) is 9.53 Å². The number of ether oxygens (including phenoxy) is 1. The number of unbranched alkanes of at least 4 members (excludes halogenated alkanes) is 28. The predicted molar refractivity (Wildman–Crippen MR) is 163 cm³/mol. The minimum absolute atomic E-state index is 0.0143. The molecule has 0 aromatic heterocycles. The van der Waals surface area contributed by atoms with E-state index in [2.05, 4.69) is 6.92 Å². The zero-order chi connectivity index (χ0) is 26.5. The highest BCUT2D eigenvalue weighted by molar-refractivity contribution is 5.71. The normalized spacial score (nSPS) is 15.5. The highest BCUT2D eigenvalue weighted by Crippen LogP contribution is 2.20. The lowest BCUT2D eigenvalue weighted by Gasteiger charge is -2.08. The Kier molecular flexibility index (Phi) is 26.6. The molecule has 0 radical (unpaired) electrons. The van der Waals surface area contributed by atoms with Crippen molar-refractivity contribution in [2.24, 2.45) is 0 Å². The molecule has 1 rings (SSSR count). The van der Waals surface area contributed by atoms with E-state index < -0.39 is 0 Å². The minimum Gasteiger partial charge on any atom is -0.462 e. The Morgan fingerprint density at radius 2 is 0.730 bits per heavy atom. The van der Waals surface area contributed by atoms with Crippen LogP contribution in [0.15, 0.2) is 0 Å². The van der Waals surface area contributed by atoms with Crippen LogP contribution in [0.3, 0.4) is 0 Å². The van der Waals surface area contributed by atoms with Crippen molar-refractivity contribution in [3.05, 3.63) is 0 Å². The molecule has 0 spiro atoms. The van der Waals surface area contributed by atoms with Gasteiger partial charge in [-0.3, -0.25) is 4.79 Å². The van der Waals surface area contributed by atoms with Gasteiger partial charge in [-0.25, -0.2) is 0 Å².